The number of hydrogen-bond acceptors (Lipinski definition) is 5. The Morgan fingerprint density at radius 1 is 1.11 bits per heavy atom. The van der Waals surface area contributed by atoms with E-state index in [0.717, 1.165) is 24.2 Å². The van der Waals surface area contributed by atoms with Gasteiger partial charge in [-0.15, -0.1) is 0 Å². The fourth-order valence-electron chi connectivity index (χ4n) is 5.20. The molecule has 0 spiro atoms. The Hall–Kier alpha value is -4.05. The second-order valence-corrected chi connectivity index (χ2v) is 9.51. The lowest BCUT2D eigenvalue weighted by atomic mass is 10.1. The number of rotatable bonds is 7. The molecule has 0 saturated carbocycles. The van der Waals surface area contributed by atoms with Gasteiger partial charge in [-0.25, -0.2) is 8.78 Å². The molecule has 2 aliphatic heterocycles. The first kappa shape index (κ1) is 25.6. The van der Waals surface area contributed by atoms with E-state index in [0.29, 0.717) is 13.1 Å². The monoisotopic (exact) mass is 522 g/mol. The van der Waals surface area contributed by atoms with Gasteiger partial charge in [-0.3, -0.25) is 19.3 Å². The summed E-state index contributed by atoms with van der Waals surface area (Å²) in [4.78, 5) is 44.2. The van der Waals surface area contributed by atoms with Crippen LogP contribution in [0.2, 0.25) is 0 Å². The van der Waals surface area contributed by atoms with Crippen molar-refractivity contribution in [1.82, 2.24) is 19.7 Å². The number of hydrogen-bond donors (Lipinski definition) is 1. The zero-order chi connectivity index (χ0) is 27.0. The average Bonchev–Trinajstić information content (AvgIpc) is 3.23. The van der Waals surface area contributed by atoms with E-state index in [1.165, 1.54) is 12.3 Å². The van der Waals surface area contributed by atoms with Crippen molar-refractivity contribution in [2.45, 2.75) is 45.8 Å². The molecule has 2 aliphatic rings. The van der Waals surface area contributed by atoms with Crippen LogP contribution in [0, 0.1) is 11.6 Å². The number of nitrogens with one attached hydrogen (secondary N) is 1. The van der Waals surface area contributed by atoms with E-state index in [-0.39, 0.29) is 53.8 Å². The maximum Gasteiger partial charge on any atom is 0.275 e. The summed E-state index contributed by atoms with van der Waals surface area (Å²) in [6.07, 6.45) is 1.15. The first-order chi connectivity index (χ1) is 18.3. The van der Waals surface area contributed by atoms with Gasteiger partial charge in [0.15, 0.2) is 11.4 Å². The second kappa shape index (κ2) is 10.4. The van der Waals surface area contributed by atoms with Crippen molar-refractivity contribution in [2.24, 2.45) is 0 Å². The third-order valence-electron chi connectivity index (χ3n) is 7.12. The molecule has 2 unspecified atom stereocenters. The molecule has 10 heteroatoms. The Morgan fingerprint density at radius 2 is 1.87 bits per heavy atom. The Labute approximate surface area is 218 Å². The molecule has 0 bridgehead atoms. The topological polar surface area (TPSA) is 83.9 Å². The van der Waals surface area contributed by atoms with Crippen molar-refractivity contribution in [2.75, 3.05) is 13.1 Å². The lowest BCUT2D eigenvalue weighted by Gasteiger charge is -2.36. The van der Waals surface area contributed by atoms with Gasteiger partial charge in [-0.05, 0) is 25.1 Å². The minimum atomic E-state index is -0.806. The van der Waals surface area contributed by atoms with Crippen LogP contribution in [0.3, 0.4) is 0 Å². The van der Waals surface area contributed by atoms with Crippen molar-refractivity contribution in [1.29, 1.82) is 0 Å². The predicted molar refractivity (Wildman–Crippen MR) is 136 cm³/mol. The molecule has 198 valence electrons. The van der Waals surface area contributed by atoms with Crippen LogP contribution in [0.15, 0.2) is 59.5 Å². The van der Waals surface area contributed by atoms with Crippen LogP contribution in [0.25, 0.3) is 0 Å². The average molecular weight is 523 g/mol. The van der Waals surface area contributed by atoms with Gasteiger partial charge in [0.05, 0.1) is 6.54 Å². The van der Waals surface area contributed by atoms with Crippen LogP contribution >= 0.6 is 0 Å². The molecule has 2 aromatic carbocycles. The van der Waals surface area contributed by atoms with Crippen LogP contribution in [-0.4, -0.2) is 51.5 Å². The summed E-state index contributed by atoms with van der Waals surface area (Å²) in [5, 5.41) is 2.53. The molecule has 1 fully saturated rings. The third-order valence-corrected chi connectivity index (χ3v) is 7.12. The number of ether oxygens (including phenoxy) is 1. The Balaban J connectivity index is 1.51. The second-order valence-electron chi connectivity index (χ2n) is 9.51. The lowest BCUT2D eigenvalue weighted by molar-refractivity contribution is 0.0497. The van der Waals surface area contributed by atoms with Crippen molar-refractivity contribution in [3.8, 4) is 5.75 Å². The maximum atomic E-state index is 14.1. The first-order valence-corrected chi connectivity index (χ1v) is 12.5. The van der Waals surface area contributed by atoms with Crippen LogP contribution in [0.5, 0.6) is 5.75 Å². The van der Waals surface area contributed by atoms with Gasteiger partial charge in [0.2, 0.25) is 5.43 Å². The van der Waals surface area contributed by atoms with Crippen molar-refractivity contribution in [3.05, 3.63) is 99.0 Å². The molecular weight excluding hydrogens is 494 g/mol. The normalized spacial score (nSPS) is 18.7. The zero-order valence-electron chi connectivity index (χ0n) is 21.1. The zero-order valence-corrected chi connectivity index (χ0v) is 21.1. The molecular formula is C28H28F2N4O4. The highest BCUT2D eigenvalue weighted by atomic mass is 19.1. The molecule has 1 aromatic heterocycles. The highest BCUT2D eigenvalue weighted by Crippen LogP contribution is 2.31. The smallest absolute Gasteiger partial charge is 0.275 e. The van der Waals surface area contributed by atoms with E-state index in [4.69, 9.17) is 4.74 Å². The fraction of sp³-hybridized carbons (Fsp3) is 0.321. The molecule has 1 saturated heterocycles. The number of likely N-dealkylation sites (N-methyl/N-ethyl adjacent to an activating group) is 1. The number of halogens is 2. The molecule has 3 heterocycles. The van der Waals surface area contributed by atoms with Crippen molar-refractivity contribution >= 4 is 11.8 Å². The van der Waals surface area contributed by atoms with Gasteiger partial charge < -0.3 is 19.5 Å². The summed E-state index contributed by atoms with van der Waals surface area (Å²) in [5.74, 6) is -2.81. The van der Waals surface area contributed by atoms with E-state index >= 15 is 0 Å². The van der Waals surface area contributed by atoms with Crippen molar-refractivity contribution in [3.63, 3.8) is 0 Å². The molecule has 8 nitrogen and oxygen atoms in total. The Morgan fingerprint density at radius 3 is 2.58 bits per heavy atom. The van der Waals surface area contributed by atoms with Crippen molar-refractivity contribution < 1.29 is 23.1 Å². The number of fused-ring (bicyclic) bond motifs is 2. The van der Waals surface area contributed by atoms with Gasteiger partial charge >= 0.3 is 0 Å². The number of benzene rings is 2. The van der Waals surface area contributed by atoms with Crippen LogP contribution in [-0.2, 0) is 19.7 Å². The predicted octanol–water partition coefficient (Wildman–Crippen LogP) is 3.14. The largest absolute Gasteiger partial charge is 0.483 e. The van der Waals surface area contributed by atoms with Gasteiger partial charge in [-0.2, -0.15) is 0 Å². The van der Waals surface area contributed by atoms with Crippen LogP contribution in [0.4, 0.5) is 8.78 Å². The highest BCUT2D eigenvalue weighted by molar-refractivity contribution is 5.99. The molecule has 1 N–H and O–H groups in total. The molecule has 2 amide bonds. The standard InChI is InChI=1S/C28H28F2N4O4/c1-3-33-17(2)13-34-23(33)15-32-14-21(27(36)31-12-19-9-10-20(29)11-22(19)30)25(35)26(24(32)28(34)37)38-16-18-7-5-4-6-8-18/h4-11,14,17,23H,3,12-13,15-16H2,1-2H3,(H,31,36). The lowest BCUT2D eigenvalue weighted by Crippen LogP contribution is -2.51. The summed E-state index contributed by atoms with van der Waals surface area (Å²) in [7, 11) is 0. The maximum absolute atomic E-state index is 14.1. The van der Waals surface area contributed by atoms with E-state index in [9.17, 15) is 23.2 Å². The Kier molecular flexibility index (Phi) is 6.98. The summed E-state index contributed by atoms with van der Waals surface area (Å²) >= 11 is 0. The summed E-state index contributed by atoms with van der Waals surface area (Å²) in [6, 6.07) is 12.4. The van der Waals surface area contributed by atoms with E-state index in [1.54, 1.807) is 9.47 Å². The molecule has 38 heavy (non-hydrogen) atoms. The highest BCUT2D eigenvalue weighted by Gasteiger charge is 2.45. The quantitative estimate of drug-likeness (QED) is 0.516. The minimum absolute atomic E-state index is 0.0309. The van der Waals surface area contributed by atoms with Gasteiger partial charge in [0.1, 0.15) is 30.0 Å². The number of carbonyl (C=O) groups is 2. The van der Waals surface area contributed by atoms with Gasteiger partial charge in [0.25, 0.3) is 11.8 Å². The SMILES string of the molecule is CCN1C(C)CN2C(=O)c3c(OCc4ccccc4)c(=O)c(C(=O)NCc4ccc(F)cc4F)cn3CC21. The van der Waals surface area contributed by atoms with Gasteiger partial charge in [-0.1, -0.05) is 43.3 Å². The van der Waals surface area contributed by atoms with Gasteiger partial charge in [0, 0.05) is 37.0 Å². The summed E-state index contributed by atoms with van der Waals surface area (Å²) < 4.78 is 34.9. The van der Waals surface area contributed by atoms with E-state index in [1.807, 2.05) is 44.2 Å². The van der Waals surface area contributed by atoms with Crippen LogP contribution in [0.1, 0.15) is 45.8 Å². The number of amides is 2. The number of carbonyl (C=O) groups excluding carboxylic acids is 2. The first-order valence-electron chi connectivity index (χ1n) is 12.5. The number of aromatic nitrogens is 1. The molecule has 0 radical (unpaired) electrons. The van der Waals surface area contributed by atoms with Crippen LogP contribution < -0.4 is 15.5 Å². The molecule has 2 atom stereocenters. The fourth-order valence-corrected chi connectivity index (χ4v) is 5.20. The summed E-state index contributed by atoms with van der Waals surface area (Å²) in [5.41, 5.74) is 0.0156. The minimum Gasteiger partial charge on any atom is -0.483 e. The summed E-state index contributed by atoms with van der Waals surface area (Å²) in [6.45, 7) is 5.46. The Bertz CT molecular complexity index is 1440. The van der Waals surface area contributed by atoms with E-state index < -0.39 is 23.0 Å². The number of pyridine rings is 1. The molecule has 5 rings (SSSR count). The molecule has 3 aromatic rings. The third kappa shape index (κ3) is 4.67. The molecule has 0 aliphatic carbocycles. The number of nitrogens with zero attached hydrogens (tertiary/aromatic N) is 3. The van der Waals surface area contributed by atoms with E-state index in [2.05, 4.69) is 10.2 Å².